The van der Waals surface area contributed by atoms with E-state index in [1.54, 1.807) is 0 Å². The van der Waals surface area contributed by atoms with Crippen molar-refractivity contribution < 1.29 is 9.18 Å². The van der Waals surface area contributed by atoms with Crippen LogP contribution >= 0.6 is 0 Å². The zero-order valence-corrected chi connectivity index (χ0v) is 11.3. The maximum absolute atomic E-state index is 13.2. The topological polar surface area (TPSA) is 55.1 Å². The summed E-state index contributed by atoms with van der Waals surface area (Å²) in [6.45, 7) is 4.19. The average molecular weight is 262 g/mol. The summed E-state index contributed by atoms with van der Waals surface area (Å²) in [5.74, 6) is 4.72. The molecule has 1 amide bonds. The third-order valence-electron chi connectivity index (χ3n) is 2.87. The van der Waals surface area contributed by atoms with E-state index in [0.29, 0.717) is 11.1 Å². The number of halogens is 1. The largest absolute Gasteiger partial charge is 0.349 e. The summed E-state index contributed by atoms with van der Waals surface area (Å²) in [4.78, 5) is 12.1. The van der Waals surface area contributed by atoms with Crippen molar-refractivity contribution in [2.75, 3.05) is 6.54 Å². The van der Waals surface area contributed by atoms with Gasteiger partial charge in [-0.15, -0.1) is 0 Å². The van der Waals surface area contributed by atoms with Crippen molar-refractivity contribution in [1.29, 1.82) is 0 Å². The second kappa shape index (κ2) is 7.55. The van der Waals surface area contributed by atoms with Gasteiger partial charge in [-0.25, -0.2) is 4.39 Å². The number of amides is 1. The molecule has 0 radical (unpaired) electrons. The molecule has 0 saturated heterocycles. The molecule has 4 heteroatoms. The monoisotopic (exact) mass is 262 g/mol. The number of carbonyl (C=O) groups excluding carboxylic acids is 1. The highest BCUT2D eigenvalue weighted by atomic mass is 19.1. The highest BCUT2D eigenvalue weighted by molar-refractivity contribution is 5.96. The fraction of sp³-hybridized carbons (Fsp3) is 0.400. The van der Waals surface area contributed by atoms with Crippen LogP contribution in [-0.4, -0.2) is 18.5 Å². The Kier molecular flexibility index (Phi) is 6.04. The predicted octanol–water partition coefficient (Wildman–Crippen LogP) is 2.05. The summed E-state index contributed by atoms with van der Waals surface area (Å²) in [7, 11) is 0. The molecule has 0 bridgehead atoms. The van der Waals surface area contributed by atoms with Gasteiger partial charge < -0.3 is 11.1 Å². The van der Waals surface area contributed by atoms with E-state index < -0.39 is 5.82 Å². The van der Waals surface area contributed by atoms with E-state index in [1.165, 1.54) is 18.2 Å². The molecule has 102 valence electrons. The molecule has 0 aliphatic rings. The summed E-state index contributed by atoms with van der Waals surface area (Å²) in [5.41, 5.74) is 6.05. The van der Waals surface area contributed by atoms with Crippen LogP contribution in [0.4, 0.5) is 4.39 Å². The van der Waals surface area contributed by atoms with Crippen LogP contribution in [0.2, 0.25) is 0 Å². The molecule has 0 aliphatic heterocycles. The molecule has 0 fully saturated rings. The Morgan fingerprint density at radius 3 is 2.68 bits per heavy atom. The van der Waals surface area contributed by atoms with Gasteiger partial charge in [-0.1, -0.05) is 25.7 Å². The Labute approximate surface area is 113 Å². The molecule has 0 heterocycles. The zero-order valence-electron chi connectivity index (χ0n) is 11.3. The lowest BCUT2D eigenvalue weighted by molar-refractivity contribution is 0.0934. The number of benzene rings is 1. The SMILES string of the molecule is CCC(CC)NC(=O)c1ccc(F)cc1C#CCN. The van der Waals surface area contributed by atoms with Crippen LogP contribution < -0.4 is 11.1 Å². The third-order valence-corrected chi connectivity index (χ3v) is 2.87. The molecule has 0 aromatic heterocycles. The minimum absolute atomic E-state index is 0.118. The van der Waals surface area contributed by atoms with Gasteiger partial charge in [-0.2, -0.15) is 0 Å². The molecule has 0 spiro atoms. The molecule has 0 unspecified atom stereocenters. The number of hydrogen-bond donors (Lipinski definition) is 2. The maximum Gasteiger partial charge on any atom is 0.252 e. The summed E-state index contributed by atoms with van der Waals surface area (Å²) in [6, 6.07) is 4.08. The summed E-state index contributed by atoms with van der Waals surface area (Å²) in [5, 5.41) is 2.91. The molecule has 0 aliphatic carbocycles. The van der Waals surface area contributed by atoms with Crippen molar-refractivity contribution in [2.24, 2.45) is 5.73 Å². The molecular weight excluding hydrogens is 243 g/mol. The van der Waals surface area contributed by atoms with Gasteiger partial charge in [0.05, 0.1) is 12.1 Å². The van der Waals surface area contributed by atoms with Crippen molar-refractivity contribution >= 4 is 5.91 Å². The van der Waals surface area contributed by atoms with Gasteiger partial charge in [-0.3, -0.25) is 4.79 Å². The van der Waals surface area contributed by atoms with Gasteiger partial charge in [0.1, 0.15) is 5.82 Å². The smallest absolute Gasteiger partial charge is 0.252 e. The van der Waals surface area contributed by atoms with Gasteiger partial charge in [0, 0.05) is 11.6 Å². The first-order valence-electron chi connectivity index (χ1n) is 6.41. The minimum atomic E-state index is -0.416. The fourth-order valence-electron chi connectivity index (χ4n) is 1.72. The van der Waals surface area contributed by atoms with Crippen LogP contribution in [0.15, 0.2) is 18.2 Å². The maximum atomic E-state index is 13.2. The zero-order chi connectivity index (χ0) is 14.3. The summed E-state index contributed by atoms with van der Waals surface area (Å²) >= 11 is 0. The molecule has 1 aromatic carbocycles. The number of nitrogens with two attached hydrogens (primary N) is 1. The van der Waals surface area contributed by atoms with E-state index in [-0.39, 0.29) is 18.5 Å². The van der Waals surface area contributed by atoms with Crippen LogP contribution in [-0.2, 0) is 0 Å². The van der Waals surface area contributed by atoms with Crippen molar-refractivity contribution in [3.05, 3.63) is 35.1 Å². The van der Waals surface area contributed by atoms with Crippen LogP contribution in [0, 0.1) is 17.7 Å². The Bertz CT molecular complexity index is 499. The Hall–Kier alpha value is -1.86. The molecule has 3 nitrogen and oxygen atoms in total. The van der Waals surface area contributed by atoms with Crippen LogP contribution in [0.3, 0.4) is 0 Å². The van der Waals surface area contributed by atoms with E-state index in [9.17, 15) is 9.18 Å². The van der Waals surface area contributed by atoms with Gasteiger partial charge in [0.2, 0.25) is 0 Å². The molecule has 0 atom stereocenters. The van der Waals surface area contributed by atoms with Gasteiger partial charge in [0.15, 0.2) is 0 Å². The molecular formula is C15H19FN2O. The standard InChI is InChI=1S/C15H19FN2O/c1-3-13(4-2)18-15(19)14-8-7-12(16)10-11(14)6-5-9-17/h7-8,10,13H,3-4,9,17H2,1-2H3,(H,18,19). The number of hydrogen-bond acceptors (Lipinski definition) is 2. The van der Waals surface area contributed by atoms with E-state index >= 15 is 0 Å². The number of carbonyl (C=O) groups is 1. The lowest BCUT2D eigenvalue weighted by Gasteiger charge is -2.15. The lowest BCUT2D eigenvalue weighted by atomic mass is 10.1. The molecule has 0 saturated carbocycles. The van der Waals surface area contributed by atoms with E-state index in [0.717, 1.165) is 12.8 Å². The third kappa shape index (κ3) is 4.38. The Morgan fingerprint density at radius 2 is 2.11 bits per heavy atom. The van der Waals surface area contributed by atoms with E-state index in [1.807, 2.05) is 13.8 Å². The van der Waals surface area contributed by atoms with Crippen LogP contribution in [0.5, 0.6) is 0 Å². The van der Waals surface area contributed by atoms with Crippen molar-refractivity contribution in [1.82, 2.24) is 5.32 Å². The highest BCUT2D eigenvalue weighted by Gasteiger charge is 2.14. The summed E-state index contributed by atoms with van der Waals surface area (Å²) in [6.07, 6.45) is 1.71. The fourth-order valence-corrected chi connectivity index (χ4v) is 1.72. The Balaban J connectivity index is 3.01. The Morgan fingerprint density at radius 1 is 1.42 bits per heavy atom. The molecule has 1 aromatic rings. The highest BCUT2D eigenvalue weighted by Crippen LogP contribution is 2.11. The van der Waals surface area contributed by atoms with Gasteiger partial charge >= 0.3 is 0 Å². The predicted molar refractivity (Wildman–Crippen MR) is 74.2 cm³/mol. The molecule has 3 N–H and O–H groups in total. The normalized spacial score (nSPS) is 9.95. The molecule has 1 rings (SSSR count). The van der Waals surface area contributed by atoms with Crippen molar-refractivity contribution in [3.8, 4) is 11.8 Å². The van der Waals surface area contributed by atoms with Gasteiger partial charge in [0.25, 0.3) is 5.91 Å². The first-order valence-corrected chi connectivity index (χ1v) is 6.41. The second-order valence-corrected chi connectivity index (χ2v) is 4.18. The number of nitrogens with one attached hydrogen (secondary N) is 1. The second-order valence-electron chi connectivity index (χ2n) is 4.18. The van der Waals surface area contributed by atoms with Crippen LogP contribution in [0.1, 0.15) is 42.6 Å². The first kappa shape index (κ1) is 15.2. The van der Waals surface area contributed by atoms with E-state index in [4.69, 9.17) is 5.73 Å². The minimum Gasteiger partial charge on any atom is -0.349 e. The average Bonchev–Trinajstić information content (AvgIpc) is 2.42. The van der Waals surface area contributed by atoms with E-state index in [2.05, 4.69) is 17.2 Å². The number of rotatable bonds is 4. The summed E-state index contributed by atoms with van der Waals surface area (Å²) < 4.78 is 13.2. The van der Waals surface area contributed by atoms with Crippen molar-refractivity contribution in [3.63, 3.8) is 0 Å². The lowest BCUT2D eigenvalue weighted by Crippen LogP contribution is -2.34. The first-order chi connectivity index (χ1) is 9.12. The quantitative estimate of drug-likeness (QED) is 0.816. The van der Waals surface area contributed by atoms with Crippen LogP contribution in [0.25, 0.3) is 0 Å². The van der Waals surface area contributed by atoms with Crippen molar-refractivity contribution in [2.45, 2.75) is 32.7 Å². The van der Waals surface area contributed by atoms with Gasteiger partial charge in [-0.05, 0) is 31.0 Å². The molecule has 19 heavy (non-hydrogen) atoms.